The Morgan fingerprint density at radius 1 is 1.36 bits per heavy atom. The highest BCUT2D eigenvalue weighted by molar-refractivity contribution is 7.87. The summed E-state index contributed by atoms with van der Waals surface area (Å²) >= 11 is 0. The molecule has 0 amide bonds. The molecule has 0 aromatic carbocycles. The van der Waals surface area contributed by atoms with Gasteiger partial charge >= 0.3 is 15.6 Å². The molecule has 1 rings (SSSR count). The molecule has 1 aliphatic rings. The lowest BCUT2D eigenvalue weighted by atomic mass is 9.84. The lowest BCUT2D eigenvalue weighted by molar-refractivity contribution is -0.0529. The van der Waals surface area contributed by atoms with Gasteiger partial charge < -0.3 is 4.18 Å². The summed E-state index contributed by atoms with van der Waals surface area (Å²) in [6.45, 7) is 3.17. The fraction of sp³-hybridized carbons (Fsp3) is 0.714. The lowest BCUT2D eigenvalue weighted by Gasteiger charge is -2.26. The lowest BCUT2D eigenvalue weighted by Crippen LogP contribution is -2.27. The Morgan fingerprint density at radius 3 is 2.14 bits per heavy atom. The van der Waals surface area contributed by atoms with Crippen LogP contribution in [0, 0.1) is 5.92 Å². The summed E-state index contributed by atoms with van der Waals surface area (Å²) in [6, 6.07) is 0. The number of halogens is 3. The predicted molar refractivity (Wildman–Crippen MR) is 42.5 cm³/mol. The Bertz CT molecular complexity index is 327. The third-order valence-corrected chi connectivity index (χ3v) is 3.06. The summed E-state index contributed by atoms with van der Waals surface area (Å²) in [6.07, 6.45) is 2.12. The monoisotopic (exact) mass is 230 g/mol. The molecule has 0 aromatic rings. The smallest absolute Gasteiger partial charge is 0.381 e. The van der Waals surface area contributed by atoms with Gasteiger partial charge in [0, 0.05) is 5.92 Å². The van der Waals surface area contributed by atoms with Crippen LogP contribution in [0.5, 0.6) is 0 Å². The Labute approximate surface area is 79.7 Å². The summed E-state index contributed by atoms with van der Waals surface area (Å²) in [4.78, 5) is 0. The van der Waals surface area contributed by atoms with E-state index in [0.717, 1.165) is 6.42 Å². The van der Waals surface area contributed by atoms with Crippen LogP contribution in [0.2, 0.25) is 0 Å². The van der Waals surface area contributed by atoms with Gasteiger partial charge in [-0.2, -0.15) is 21.6 Å². The summed E-state index contributed by atoms with van der Waals surface area (Å²) in [7, 11) is -5.52. The maximum atomic E-state index is 11.8. The van der Waals surface area contributed by atoms with Crippen molar-refractivity contribution in [2.75, 3.05) is 0 Å². The van der Waals surface area contributed by atoms with Crippen molar-refractivity contribution < 1.29 is 25.8 Å². The molecule has 82 valence electrons. The van der Waals surface area contributed by atoms with Gasteiger partial charge in [-0.1, -0.05) is 13.0 Å². The fourth-order valence-electron chi connectivity index (χ4n) is 0.986. The topological polar surface area (TPSA) is 43.4 Å². The van der Waals surface area contributed by atoms with E-state index in [1.165, 1.54) is 0 Å². The highest BCUT2D eigenvalue weighted by atomic mass is 32.2. The van der Waals surface area contributed by atoms with E-state index in [2.05, 4.69) is 10.8 Å². The molecular formula is C7H9F3O3S. The van der Waals surface area contributed by atoms with E-state index in [4.69, 9.17) is 0 Å². The molecule has 0 spiro atoms. The number of allylic oxidation sites excluding steroid dienone is 1. The zero-order chi connectivity index (χ0) is 11.0. The van der Waals surface area contributed by atoms with Crippen LogP contribution >= 0.6 is 0 Å². The quantitative estimate of drug-likeness (QED) is 0.424. The highest BCUT2D eigenvalue weighted by Gasteiger charge is 2.49. The van der Waals surface area contributed by atoms with E-state index in [0.29, 0.717) is 12.8 Å². The highest BCUT2D eigenvalue weighted by Crippen LogP contribution is 2.36. The first kappa shape index (κ1) is 11.4. The van der Waals surface area contributed by atoms with Crippen molar-refractivity contribution in [1.82, 2.24) is 0 Å². The van der Waals surface area contributed by atoms with Crippen LogP contribution in [0.1, 0.15) is 19.3 Å². The maximum absolute atomic E-state index is 11.8. The van der Waals surface area contributed by atoms with Crippen molar-refractivity contribution in [2.45, 2.75) is 24.8 Å². The van der Waals surface area contributed by atoms with E-state index in [9.17, 15) is 21.6 Å². The minimum atomic E-state index is -5.52. The predicted octanol–water partition coefficient (Wildman–Crippen LogP) is 2.17. The molecule has 1 saturated carbocycles. The van der Waals surface area contributed by atoms with Crippen molar-refractivity contribution in [1.29, 1.82) is 0 Å². The fourth-order valence-corrected chi connectivity index (χ4v) is 1.50. The molecule has 0 bridgehead atoms. The van der Waals surface area contributed by atoms with Gasteiger partial charge in [-0.05, 0) is 12.8 Å². The van der Waals surface area contributed by atoms with Crippen molar-refractivity contribution in [3.05, 3.63) is 12.3 Å². The molecule has 3 nitrogen and oxygen atoms in total. The normalized spacial score (nSPS) is 18.8. The van der Waals surface area contributed by atoms with Gasteiger partial charge in [-0.3, -0.25) is 0 Å². The van der Waals surface area contributed by atoms with Crippen LogP contribution in [-0.4, -0.2) is 13.9 Å². The molecule has 0 N–H and O–H groups in total. The largest absolute Gasteiger partial charge is 0.534 e. The third kappa shape index (κ3) is 2.20. The molecule has 0 aliphatic heterocycles. The molecule has 1 aliphatic carbocycles. The van der Waals surface area contributed by atoms with Gasteiger partial charge in [0.15, 0.2) is 0 Å². The van der Waals surface area contributed by atoms with Crippen LogP contribution in [0.4, 0.5) is 13.2 Å². The molecule has 0 saturated heterocycles. The first-order valence-electron chi connectivity index (χ1n) is 3.93. The summed E-state index contributed by atoms with van der Waals surface area (Å²) < 4.78 is 60.3. The van der Waals surface area contributed by atoms with Crippen LogP contribution in [0.25, 0.3) is 0 Å². The van der Waals surface area contributed by atoms with E-state index in [1.54, 1.807) is 0 Å². The van der Waals surface area contributed by atoms with Gasteiger partial charge in [-0.25, -0.2) is 0 Å². The summed E-state index contributed by atoms with van der Waals surface area (Å²) in [5.74, 6) is -0.569. The van der Waals surface area contributed by atoms with Crippen LogP contribution in [-0.2, 0) is 14.3 Å². The minimum Gasteiger partial charge on any atom is -0.381 e. The van der Waals surface area contributed by atoms with Crippen molar-refractivity contribution in [3.63, 3.8) is 0 Å². The molecular weight excluding hydrogens is 221 g/mol. The van der Waals surface area contributed by atoms with E-state index >= 15 is 0 Å². The third-order valence-electron chi connectivity index (χ3n) is 2.06. The van der Waals surface area contributed by atoms with Gasteiger partial charge in [-0.15, -0.1) is 0 Å². The van der Waals surface area contributed by atoms with E-state index < -0.39 is 15.6 Å². The Kier molecular flexibility index (Phi) is 2.80. The van der Waals surface area contributed by atoms with Gasteiger partial charge in [0.1, 0.15) is 5.76 Å². The van der Waals surface area contributed by atoms with Crippen molar-refractivity contribution in [2.24, 2.45) is 5.92 Å². The second-order valence-electron chi connectivity index (χ2n) is 3.08. The number of rotatable bonds is 3. The number of hydrogen-bond acceptors (Lipinski definition) is 3. The molecule has 14 heavy (non-hydrogen) atoms. The standard InChI is InChI=1S/C7H9F3O3S/c1-5(6-3-2-4-6)13-14(11,12)7(8,9)10/h6H,1-4H2. The summed E-state index contributed by atoms with van der Waals surface area (Å²) in [5.41, 5.74) is -5.38. The van der Waals surface area contributed by atoms with Crippen molar-refractivity contribution >= 4 is 10.1 Å². The Morgan fingerprint density at radius 2 is 1.86 bits per heavy atom. The minimum absolute atomic E-state index is 0.257. The Hall–Kier alpha value is -0.720. The van der Waals surface area contributed by atoms with E-state index in [1.807, 2.05) is 0 Å². The molecule has 7 heteroatoms. The van der Waals surface area contributed by atoms with Gasteiger partial charge in [0.2, 0.25) is 0 Å². The average molecular weight is 230 g/mol. The Balaban J connectivity index is 2.63. The zero-order valence-electron chi connectivity index (χ0n) is 7.17. The first-order valence-corrected chi connectivity index (χ1v) is 5.34. The maximum Gasteiger partial charge on any atom is 0.534 e. The van der Waals surface area contributed by atoms with Gasteiger partial charge in [0.25, 0.3) is 0 Å². The second-order valence-corrected chi connectivity index (χ2v) is 4.62. The van der Waals surface area contributed by atoms with Crippen LogP contribution < -0.4 is 0 Å². The molecule has 0 unspecified atom stereocenters. The van der Waals surface area contributed by atoms with E-state index in [-0.39, 0.29) is 11.7 Å². The molecule has 0 aromatic heterocycles. The first-order chi connectivity index (χ1) is 6.24. The SMILES string of the molecule is C=C(OS(=O)(=O)C(F)(F)F)C1CCC1. The molecule has 1 fully saturated rings. The number of alkyl halides is 3. The zero-order valence-corrected chi connectivity index (χ0v) is 7.99. The molecule has 0 radical (unpaired) electrons. The van der Waals surface area contributed by atoms with Crippen LogP contribution in [0.15, 0.2) is 12.3 Å². The van der Waals surface area contributed by atoms with Crippen LogP contribution in [0.3, 0.4) is 0 Å². The molecule has 0 atom stereocenters. The summed E-state index contributed by atoms with van der Waals surface area (Å²) in [5, 5.41) is 0. The molecule has 0 heterocycles. The second kappa shape index (κ2) is 3.45. The van der Waals surface area contributed by atoms with Gasteiger partial charge in [0.05, 0.1) is 0 Å². The van der Waals surface area contributed by atoms with Crippen molar-refractivity contribution in [3.8, 4) is 0 Å². The average Bonchev–Trinajstić information content (AvgIpc) is 1.76. The number of hydrogen-bond donors (Lipinski definition) is 0.